The first-order valence-electron chi connectivity index (χ1n) is 9.74. The smallest absolute Gasteiger partial charge is 0.451 e. The van der Waals surface area contributed by atoms with E-state index in [-0.39, 0.29) is 48.0 Å². The van der Waals surface area contributed by atoms with Crippen LogP contribution in [0.4, 0.5) is 0 Å². The van der Waals surface area contributed by atoms with Gasteiger partial charge in [0.05, 0.1) is 18.3 Å². The Labute approximate surface area is 178 Å². The molecule has 5 N–H and O–H groups in total. The molecule has 1 saturated heterocycles. The topological polar surface area (TPSA) is 172 Å². The molecule has 0 aliphatic carbocycles. The first-order chi connectivity index (χ1) is 14.6. The number of ether oxygens (including phenoxy) is 1. The van der Waals surface area contributed by atoms with Crippen molar-refractivity contribution in [3.63, 3.8) is 0 Å². The van der Waals surface area contributed by atoms with Gasteiger partial charge in [-0.15, -0.1) is 0 Å². The van der Waals surface area contributed by atoms with Crippen molar-refractivity contribution in [2.24, 2.45) is 9.98 Å². The fourth-order valence-corrected chi connectivity index (χ4v) is 3.56. The molecule has 12 heteroatoms. The number of carboxylic acids is 2. The predicted molar refractivity (Wildman–Crippen MR) is 111 cm³/mol. The number of benzene rings is 1. The van der Waals surface area contributed by atoms with Gasteiger partial charge in [0, 0.05) is 19.6 Å². The summed E-state index contributed by atoms with van der Waals surface area (Å²) in [5.74, 6) is -2.86. The number of hydrogen-bond acceptors (Lipinski definition) is 9. The molecule has 2 aliphatic heterocycles. The van der Waals surface area contributed by atoms with Gasteiger partial charge < -0.3 is 30.1 Å². The molecule has 166 valence electrons. The summed E-state index contributed by atoms with van der Waals surface area (Å²) in [6.07, 6.45) is 1.05. The summed E-state index contributed by atoms with van der Waals surface area (Å²) in [4.78, 5) is 33.0. The van der Waals surface area contributed by atoms with E-state index in [1.165, 1.54) is 18.3 Å². The second-order valence-electron chi connectivity index (χ2n) is 7.97. The van der Waals surface area contributed by atoms with E-state index in [4.69, 9.17) is 19.9 Å². The van der Waals surface area contributed by atoms with Gasteiger partial charge in [0.15, 0.2) is 5.71 Å². The molecule has 3 rings (SSSR count). The molecule has 1 aromatic rings. The maximum atomic E-state index is 11.6. The fraction of sp³-hybridized carbons (Fsp3) is 0.474. The lowest BCUT2D eigenvalue weighted by Gasteiger charge is -2.43. The molecule has 0 amide bonds. The summed E-state index contributed by atoms with van der Waals surface area (Å²) in [5, 5.41) is 46.7. The van der Waals surface area contributed by atoms with E-state index in [9.17, 15) is 19.8 Å². The first kappa shape index (κ1) is 22.7. The Bertz CT molecular complexity index is 929. The number of aromatic carboxylic acids is 1. The Morgan fingerprint density at radius 1 is 1.26 bits per heavy atom. The SMILES string of the molecule is CC1(CN2CC(Oc3ccc(CCB(O)O)c(O)c3C(=O)O)C2)CN=C(C(=O)O)C=N1. The molecule has 0 radical (unpaired) electrons. The lowest BCUT2D eigenvalue weighted by atomic mass is 9.82. The lowest BCUT2D eigenvalue weighted by Crippen LogP contribution is -2.58. The minimum atomic E-state index is -1.55. The summed E-state index contributed by atoms with van der Waals surface area (Å²) in [6, 6.07) is 2.96. The first-order valence-corrected chi connectivity index (χ1v) is 9.74. The van der Waals surface area contributed by atoms with E-state index in [1.54, 1.807) is 0 Å². The maximum absolute atomic E-state index is 11.6. The predicted octanol–water partition coefficient (Wildman–Crippen LogP) is -0.463. The molecule has 1 aromatic carbocycles. The maximum Gasteiger partial charge on any atom is 0.451 e. The minimum absolute atomic E-state index is 0.0380. The zero-order chi connectivity index (χ0) is 22.8. The molecule has 1 fully saturated rings. The number of aryl methyl sites for hydroxylation is 1. The van der Waals surface area contributed by atoms with E-state index >= 15 is 0 Å². The van der Waals surface area contributed by atoms with Crippen molar-refractivity contribution in [3.05, 3.63) is 23.3 Å². The largest absolute Gasteiger partial charge is 0.507 e. The quantitative estimate of drug-likeness (QED) is 0.323. The van der Waals surface area contributed by atoms with Gasteiger partial charge in [-0.25, -0.2) is 9.59 Å². The van der Waals surface area contributed by atoms with Crippen LogP contribution in [-0.4, -0.2) is 99.1 Å². The van der Waals surface area contributed by atoms with E-state index in [0.717, 1.165) is 0 Å². The summed E-state index contributed by atoms with van der Waals surface area (Å²) < 4.78 is 5.78. The molecule has 1 unspecified atom stereocenters. The summed E-state index contributed by atoms with van der Waals surface area (Å²) in [7, 11) is -1.55. The molecule has 11 nitrogen and oxygen atoms in total. The number of hydrogen-bond donors (Lipinski definition) is 5. The normalized spacial score (nSPS) is 21.3. The van der Waals surface area contributed by atoms with Gasteiger partial charge in [-0.05, 0) is 31.3 Å². The van der Waals surface area contributed by atoms with Crippen molar-refractivity contribution in [3.8, 4) is 11.5 Å². The Morgan fingerprint density at radius 3 is 2.52 bits per heavy atom. The zero-order valence-electron chi connectivity index (χ0n) is 16.9. The van der Waals surface area contributed by atoms with E-state index in [2.05, 4.69) is 9.98 Å². The highest BCUT2D eigenvalue weighted by molar-refractivity contribution is 6.59. The Morgan fingerprint density at radius 2 is 1.97 bits per heavy atom. The van der Waals surface area contributed by atoms with Crippen LogP contribution in [0.5, 0.6) is 11.5 Å². The van der Waals surface area contributed by atoms with Crippen molar-refractivity contribution in [1.82, 2.24) is 4.90 Å². The number of carboxylic acid groups (broad SMARTS) is 2. The van der Waals surface area contributed by atoms with Crippen LogP contribution >= 0.6 is 0 Å². The summed E-state index contributed by atoms with van der Waals surface area (Å²) in [5.41, 5.74) is -0.687. The average Bonchev–Trinajstić information content (AvgIpc) is 2.65. The van der Waals surface area contributed by atoms with E-state index in [0.29, 0.717) is 19.6 Å². The van der Waals surface area contributed by atoms with Crippen molar-refractivity contribution in [2.45, 2.75) is 31.3 Å². The van der Waals surface area contributed by atoms with Crippen molar-refractivity contribution < 1.29 is 39.7 Å². The third-order valence-electron chi connectivity index (χ3n) is 5.20. The molecule has 2 aliphatic rings. The highest BCUT2D eigenvalue weighted by Gasteiger charge is 2.37. The van der Waals surface area contributed by atoms with Gasteiger partial charge in [0.2, 0.25) is 0 Å². The van der Waals surface area contributed by atoms with Crippen molar-refractivity contribution in [2.75, 3.05) is 26.2 Å². The van der Waals surface area contributed by atoms with Crippen LogP contribution in [0.15, 0.2) is 22.1 Å². The van der Waals surface area contributed by atoms with Crippen molar-refractivity contribution >= 4 is 31.0 Å². The summed E-state index contributed by atoms with van der Waals surface area (Å²) in [6.45, 7) is 3.70. The summed E-state index contributed by atoms with van der Waals surface area (Å²) >= 11 is 0. The highest BCUT2D eigenvalue weighted by Crippen LogP contribution is 2.34. The standard InChI is InChI=1S/C19H24BN3O8/c1-19(9-21-13(6-22-19)17(25)26)10-23-7-12(8-23)31-14-3-2-11(4-5-20(29)30)16(24)15(14)18(27)28/h2-3,6,12,24,29-30H,4-5,7-10H2,1H3,(H,25,26)(H,27,28). The van der Waals surface area contributed by atoms with Crippen LogP contribution in [0, 0.1) is 0 Å². The number of aromatic hydroxyl groups is 1. The molecule has 2 heterocycles. The van der Waals surface area contributed by atoms with Gasteiger partial charge in [-0.1, -0.05) is 6.07 Å². The van der Waals surface area contributed by atoms with Crippen molar-refractivity contribution in [1.29, 1.82) is 0 Å². The Balaban J connectivity index is 1.59. The molecule has 1 atom stereocenters. The Kier molecular flexibility index (Phi) is 6.63. The number of phenols is 1. The zero-order valence-corrected chi connectivity index (χ0v) is 16.9. The van der Waals surface area contributed by atoms with Crippen LogP contribution in [-0.2, 0) is 11.2 Å². The number of rotatable bonds is 9. The van der Waals surface area contributed by atoms with Crippen LogP contribution in [0.3, 0.4) is 0 Å². The number of nitrogens with zero attached hydrogens (tertiary/aromatic N) is 3. The molecule has 0 aromatic heterocycles. The van der Waals surface area contributed by atoms with Crippen LogP contribution in [0.25, 0.3) is 0 Å². The molecular formula is C19H24BN3O8. The third-order valence-corrected chi connectivity index (χ3v) is 5.20. The van der Waals surface area contributed by atoms with E-state index < -0.39 is 30.3 Å². The minimum Gasteiger partial charge on any atom is -0.507 e. The van der Waals surface area contributed by atoms with Gasteiger partial charge in [0.1, 0.15) is 23.2 Å². The third kappa shape index (κ3) is 5.40. The number of likely N-dealkylation sites (tertiary alicyclic amines) is 1. The van der Waals surface area contributed by atoms with Gasteiger partial charge in [-0.3, -0.25) is 14.9 Å². The molecule has 0 bridgehead atoms. The Hall–Kier alpha value is -2.96. The lowest BCUT2D eigenvalue weighted by molar-refractivity contribution is -0.129. The van der Waals surface area contributed by atoms with E-state index in [1.807, 2.05) is 11.8 Å². The monoisotopic (exact) mass is 433 g/mol. The molecular weight excluding hydrogens is 409 g/mol. The van der Waals surface area contributed by atoms with Gasteiger partial charge in [0.25, 0.3) is 0 Å². The van der Waals surface area contributed by atoms with Crippen LogP contribution in [0.2, 0.25) is 6.32 Å². The number of carbonyl (C=O) groups is 2. The molecule has 0 spiro atoms. The van der Waals surface area contributed by atoms with Gasteiger partial charge in [-0.2, -0.15) is 0 Å². The second kappa shape index (κ2) is 9.04. The van der Waals surface area contributed by atoms with Crippen LogP contribution < -0.4 is 4.74 Å². The van der Waals surface area contributed by atoms with Gasteiger partial charge >= 0.3 is 19.1 Å². The second-order valence-corrected chi connectivity index (χ2v) is 7.97. The molecule has 31 heavy (non-hydrogen) atoms. The number of aliphatic carboxylic acids is 1. The average molecular weight is 433 g/mol. The number of aliphatic imine (C=N–C) groups is 2. The molecule has 0 saturated carbocycles. The van der Waals surface area contributed by atoms with Crippen LogP contribution in [0.1, 0.15) is 22.8 Å². The highest BCUT2D eigenvalue weighted by atomic mass is 16.5. The fourth-order valence-electron chi connectivity index (χ4n) is 3.56.